The lowest BCUT2D eigenvalue weighted by Gasteiger charge is -2.31. The standard InChI is InChI=1S/C15H20O3/c1-4-10-18-15(14(16)17,11-12(2)3)13-8-6-5-7-9-13/h4-9,12H,1,10-11H2,2-3H3,(H,16,17). The fraction of sp³-hybridized carbons (Fsp3) is 0.400. The van der Waals surface area contributed by atoms with Gasteiger partial charge >= 0.3 is 5.97 Å². The first-order valence-electron chi connectivity index (χ1n) is 6.06. The number of rotatable bonds is 7. The van der Waals surface area contributed by atoms with Crippen molar-refractivity contribution in [1.29, 1.82) is 0 Å². The molecule has 0 saturated heterocycles. The van der Waals surface area contributed by atoms with Crippen LogP contribution in [-0.4, -0.2) is 17.7 Å². The van der Waals surface area contributed by atoms with Crippen molar-refractivity contribution in [3.63, 3.8) is 0 Å². The molecule has 0 saturated carbocycles. The number of carboxylic acids is 1. The highest BCUT2D eigenvalue weighted by Crippen LogP contribution is 2.33. The predicted octanol–water partition coefficient (Wildman–Crippen LogP) is 3.22. The molecule has 0 bridgehead atoms. The Hall–Kier alpha value is -1.61. The number of hydrogen-bond acceptors (Lipinski definition) is 2. The quantitative estimate of drug-likeness (QED) is 0.754. The molecule has 0 aliphatic carbocycles. The van der Waals surface area contributed by atoms with Crippen LogP contribution in [0, 0.1) is 5.92 Å². The monoisotopic (exact) mass is 248 g/mol. The lowest BCUT2D eigenvalue weighted by Crippen LogP contribution is -2.40. The highest BCUT2D eigenvalue weighted by molar-refractivity contribution is 5.79. The van der Waals surface area contributed by atoms with Crippen molar-refractivity contribution in [3.8, 4) is 0 Å². The first kappa shape index (κ1) is 14.5. The van der Waals surface area contributed by atoms with Gasteiger partial charge in [0.25, 0.3) is 0 Å². The molecule has 18 heavy (non-hydrogen) atoms. The fourth-order valence-electron chi connectivity index (χ4n) is 2.02. The smallest absolute Gasteiger partial charge is 0.340 e. The van der Waals surface area contributed by atoms with E-state index in [0.29, 0.717) is 12.0 Å². The van der Waals surface area contributed by atoms with Crippen LogP contribution in [0.4, 0.5) is 0 Å². The molecule has 0 aromatic heterocycles. The molecule has 0 amide bonds. The molecule has 98 valence electrons. The van der Waals surface area contributed by atoms with Gasteiger partial charge in [0.15, 0.2) is 5.60 Å². The Morgan fingerprint density at radius 2 is 2.06 bits per heavy atom. The summed E-state index contributed by atoms with van der Waals surface area (Å²) in [4.78, 5) is 11.7. The van der Waals surface area contributed by atoms with Gasteiger partial charge in [0.05, 0.1) is 6.61 Å². The van der Waals surface area contributed by atoms with E-state index in [1.165, 1.54) is 0 Å². The van der Waals surface area contributed by atoms with E-state index in [-0.39, 0.29) is 12.5 Å². The zero-order chi connectivity index (χ0) is 13.6. The van der Waals surface area contributed by atoms with Crippen LogP contribution >= 0.6 is 0 Å². The minimum atomic E-state index is -1.29. The van der Waals surface area contributed by atoms with Gasteiger partial charge in [-0.15, -0.1) is 6.58 Å². The Morgan fingerprint density at radius 1 is 1.44 bits per heavy atom. The topological polar surface area (TPSA) is 46.5 Å². The largest absolute Gasteiger partial charge is 0.479 e. The molecule has 3 nitrogen and oxygen atoms in total. The van der Waals surface area contributed by atoms with Crippen LogP contribution in [-0.2, 0) is 15.1 Å². The average molecular weight is 248 g/mol. The van der Waals surface area contributed by atoms with E-state index in [9.17, 15) is 9.90 Å². The van der Waals surface area contributed by atoms with Crippen molar-refractivity contribution in [2.45, 2.75) is 25.9 Å². The summed E-state index contributed by atoms with van der Waals surface area (Å²) < 4.78 is 5.62. The Morgan fingerprint density at radius 3 is 2.50 bits per heavy atom. The molecular formula is C15H20O3. The lowest BCUT2D eigenvalue weighted by molar-refractivity contribution is -0.168. The summed E-state index contributed by atoms with van der Waals surface area (Å²) in [6, 6.07) is 9.09. The molecule has 0 heterocycles. The van der Waals surface area contributed by atoms with Crippen LogP contribution in [0.2, 0.25) is 0 Å². The van der Waals surface area contributed by atoms with Crippen molar-refractivity contribution in [3.05, 3.63) is 48.6 Å². The molecule has 0 radical (unpaired) electrons. The summed E-state index contributed by atoms with van der Waals surface area (Å²) in [5, 5.41) is 9.59. The molecule has 1 atom stereocenters. The average Bonchev–Trinajstić information content (AvgIpc) is 2.34. The van der Waals surface area contributed by atoms with Crippen LogP contribution in [0.1, 0.15) is 25.8 Å². The highest BCUT2D eigenvalue weighted by Gasteiger charge is 2.41. The SMILES string of the molecule is C=CCOC(CC(C)C)(C(=O)O)c1ccccc1. The Kier molecular flexibility index (Phi) is 5.10. The van der Waals surface area contributed by atoms with E-state index in [2.05, 4.69) is 6.58 Å². The van der Waals surface area contributed by atoms with E-state index < -0.39 is 11.6 Å². The van der Waals surface area contributed by atoms with E-state index in [1.54, 1.807) is 18.2 Å². The van der Waals surface area contributed by atoms with Gasteiger partial charge < -0.3 is 9.84 Å². The van der Waals surface area contributed by atoms with E-state index >= 15 is 0 Å². The summed E-state index contributed by atoms with van der Waals surface area (Å²) >= 11 is 0. The molecule has 0 aliphatic heterocycles. The highest BCUT2D eigenvalue weighted by atomic mass is 16.5. The number of hydrogen-bond donors (Lipinski definition) is 1. The first-order valence-corrected chi connectivity index (χ1v) is 6.06. The summed E-state index contributed by atoms with van der Waals surface area (Å²) in [7, 11) is 0. The Bertz CT molecular complexity index is 397. The molecule has 1 unspecified atom stereocenters. The van der Waals surface area contributed by atoms with Crippen LogP contribution in [0.5, 0.6) is 0 Å². The van der Waals surface area contributed by atoms with E-state index in [4.69, 9.17) is 4.74 Å². The van der Waals surface area contributed by atoms with Gasteiger partial charge in [-0.2, -0.15) is 0 Å². The molecule has 0 aliphatic rings. The second-order valence-corrected chi connectivity index (χ2v) is 4.70. The summed E-state index contributed by atoms with van der Waals surface area (Å²) in [6.45, 7) is 7.76. The summed E-state index contributed by atoms with van der Waals surface area (Å²) in [5.41, 5.74) is -0.614. The van der Waals surface area contributed by atoms with Gasteiger partial charge in [-0.25, -0.2) is 4.79 Å². The maximum Gasteiger partial charge on any atom is 0.340 e. The van der Waals surface area contributed by atoms with Crippen molar-refractivity contribution in [1.82, 2.24) is 0 Å². The second kappa shape index (κ2) is 6.36. The van der Waals surface area contributed by atoms with Crippen molar-refractivity contribution >= 4 is 5.97 Å². The van der Waals surface area contributed by atoms with Gasteiger partial charge in [-0.3, -0.25) is 0 Å². The third kappa shape index (κ3) is 3.20. The second-order valence-electron chi connectivity index (χ2n) is 4.70. The molecule has 0 spiro atoms. The minimum absolute atomic E-state index is 0.214. The normalized spacial score (nSPS) is 14.2. The first-order chi connectivity index (χ1) is 8.53. The van der Waals surface area contributed by atoms with Crippen LogP contribution in [0.25, 0.3) is 0 Å². The third-order valence-corrected chi connectivity index (χ3v) is 2.73. The molecule has 1 aromatic carbocycles. The number of benzene rings is 1. The summed E-state index contributed by atoms with van der Waals surface area (Å²) in [6.07, 6.45) is 2.00. The van der Waals surface area contributed by atoms with Gasteiger partial charge in [-0.05, 0) is 17.9 Å². The number of ether oxygens (including phenoxy) is 1. The van der Waals surface area contributed by atoms with E-state index in [1.807, 2.05) is 32.0 Å². The Balaban J connectivity index is 3.19. The maximum atomic E-state index is 11.7. The number of aliphatic carboxylic acids is 1. The zero-order valence-electron chi connectivity index (χ0n) is 10.9. The number of carboxylic acid groups (broad SMARTS) is 1. The predicted molar refractivity (Wildman–Crippen MR) is 71.4 cm³/mol. The lowest BCUT2D eigenvalue weighted by atomic mass is 9.85. The fourth-order valence-corrected chi connectivity index (χ4v) is 2.02. The van der Waals surface area contributed by atoms with E-state index in [0.717, 1.165) is 0 Å². The van der Waals surface area contributed by atoms with Crippen LogP contribution in [0.15, 0.2) is 43.0 Å². The maximum absolute atomic E-state index is 11.7. The molecule has 1 N–H and O–H groups in total. The van der Waals surface area contributed by atoms with Crippen LogP contribution < -0.4 is 0 Å². The van der Waals surface area contributed by atoms with Crippen molar-refractivity contribution < 1.29 is 14.6 Å². The number of carbonyl (C=O) groups is 1. The molecule has 1 aromatic rings. The van der Waals surface area contributed by atoms with Gasteiger partial charge in [0.2, 0.25) is 0 Å². The third-order valence-electron chi connectivity index (χ3n) is 2.73. The van der Waals surface area contributed by atoms with Crippen molar-refractivity contribution in [2.24, 2.45) is 5.92 Å². The van der Waals surface area contributed by atoms with Gasteiger partial charge in [0.1, 0.15) is 0 Å². The van der Waals surface area contributed by atoms with Gasteiger partial charge in [-0.1, -0.05) is 50.3 Å². The molecule has 3 heteroatoms. The van der Waals surface area contributed by atoms with Crippen molar-refractivity contribution in [2.75, 3.05) is 6.61 Å². The Labute approximate surface area is 108 Å². The molecular weight excluding hydrogens is 228 g/mol. The molecule has 1 rings (SSSR count). The summed E-state index contributed by atoms with van der Waals surface area (Å²) in [5.74, 6) is -0.740. The molecule has 0 fully saturated rings. The van der Waals surface area contributed by atoms with Gasteiger partial charge in [0, 0.05) is 0 Å². The minimum Gasteiger partial charge on any atom is -0.479 e. The zero-order valence-corrected chi connectivity index (χ0v) is 10.9. The van der Waals surface area contributed by atoms with Crippen LogP contribution in [0.3, 0.4) is 0 Å².